The minimum absolute atomic E-state index is 0.273. The number of rotatable bonds is 6. The first-order chi connectivity index (χ1) is 7.90. The van der Waals surface area contributed by atoms with Crippen LogP contribution in [0, 0.1) is 12.8 Å². The lowest BCUT2D eigenvalue weighted by molar-refractivity contribution is 0.555. The van der Waals surface area contributed by atoms with Gasteiger partial charge in [-0.1, -0.05) is 45.8 Å². The second-order valence-corrected chi connectivity index (χ2v) is 7.54. The predicted octanol–water partition coefficient (Wildman–Crippen LogP) is 2.98. The summed E-state index contributed by atoms with van der Waals surface area (Å²) >= 11 is 3.46. The van der Waals surface area contributed by atoms with Gasteiger partial charge < -0.3 is 0 Å². The van der Waals surface area contributed by atoms with Crippen molar-refractivity contribution in [1.29, 1.82) is 0 Å². The molecule has 0 saturated carbocycles. The Kier molecular flexibility index (Phi) is 5.67. The number of aryl methyl sites for hydroxylation is 1. The molecule has 1 aromatic carbocycles. The van der Waals surface area contributed by atoms with Crippen molar-refractivity contribution < 1.29 is 8.42 Å². The van der Waals surface area contributed by atoms with Crippen molar-refractivity contribution in [1.82, 2.24) is 0 Å². The average molecular weight is 319 g/mol. The summed E-state index contributed by atoms with van der Waals surface area (Å²) in [7, 11) is -2.85. The van der Waals surface area contributed by atoms with Crippen molar-refractivity contribution in [3.8, 4) is 0 Å². The lowest BCUT2D eigenvalue weighted by Crippen LogP contribution is -2.13. The Morgan fingerprint density at radius 2 is 1.82 bits per heavy atom. The van der Waals surface area contributed by atoms with Crippen LogP contribution in [0.15, 0.2) is 24.3 Å². The second kappa shape index (κ2) is 6.55. The van der Waals surface area contributed by atoms with Crippen LogP contribution in [0.25, 0.3) is 0 Å². The average Bonchev–Trinajstić information content (AvgIpc) is 2.25. The summed E-state index contributed by atoms with van der Waals surface area (Å²) in [6.45, 7) is 2.06. The normalized spacial score (nSPS) is 13.6. The van der Waals surface area contributed by atoms with Gasteiger partial charge in [0.15, 0.2) is 0 Å². The van der Waals surface area contributed by atoms with E-state index in [4.69, 9.17) is 0 Å². The molecule has 4 heteroatoms. The van der Waals surface area contributed by atoms with Gasteiger partial charge in [0.25, 0.3) is 0 Å². The number of halogens is 1. The monoisotopic (exact) mass is 318 g/mol. The first-order valence-electron chi connectivity index (χ1n) is 5.70. The number of alkyl halides is 1. The fourth-order valence-corrected chi connectivity index (χ4v) is 2.99. The molecule has 0 aromatic heterocycles. The summed E-state index contributed by atoms with van der Waals surface area (Å²) in [4.78, 5) is 0. The molecule has 2 nitrogen and oxygen atoms in total. The Balaban J connectivity index is 2.55. The van der Waals surface area contributed by atoms with Crippen LogP contribution in [0.5, 0.6) is 0 Å². The minimum atomic E-state index is -2.85. The summed E-state index contributed by atoms with van der Waals surface area (Å²) in [5.74, 6) is 0.655. The molecular weight excluding hydrogens is 300 g/mol. The van der Waals surface area contributed by atoms with E-state index < -0.39 is 9.84 Å². The molecule has 0 aliphatic carbocycles. The van der Waals surface area contributed by atoms with Crippen LogP contribution in [0.4, 0.5) is 0 Å². The molecule has 0 amide bonds. The van der Waals surface area contributed by atoms with Crippen LogP contribution in [-0.4, -0.2) is 25.8 Å². The van der Waals surface area contributed by atoms with Crippen LogP contribution in [0.3, 0.4) is 0 Å². The maximum atomic E-state index is 11.1. The van der Waals surface area contributed by atoms with Crippen LogP contribution in [0.1, 0.15) is 17.5 Å². The molecule has 0 N–H and O–H groups in total. The maximum absolute atomic E-state index is 11.1. The molecule has 1 atom stereocenters. The van der Waals surface area contributed by atoms with Gasteiger partial charge in [-0.2, -0.15) is 0 Å². The Labute approximate surface area is 112 Å². The highest BCUT2D eigenvalue weighted by molar-refractivity contribution is 9.09. The molecule has 1 unspecified atom stereocenters. The van der Waals surface area contributed by atoms with Gasteiger partial charge in [-0.3, -0.25) is 0 Å². The molecule has 1 aromatic rings. The largest absolute Gasteiger partial charge is 0.229 e. The standard InChI is InChI=1S/C13H19BrO2S/c1-11-3-5-12(6-4-11)9-13(10-14)7-8-17(2,15)16/h3-6,13H,7-10H2,1-2H3. The highest BCUT2D eigenvalue weighted by atomic mass is 79.9. The van der Waals surface area contributed by atoms with Gasteiger partial charge in [0, 0.05) is 11.6 Å². The molecule has 1 rings (SSSR count). The second-order valence-electron chi connectivity index (χ2n) is 4.63. The van der Waals surface area contributed by atoms with E-state index in [2.05, 4.69) is 47.1 Å². The van der Waals surface area contributed by atoms with Crippen molar-refractivity contribution in [2.75, 3.05) is 17.3 Å². The Hall–Kier alpha value is -0.350. The van der Waals surface area contributed by atoms with Gasteiger partial charge in [0.05, 0.1) is 5.75 Å². The third kappa shape index (κ3) is 6.22. The van der Waals surface area contributed by atoms with E-state index in [0.29, 0.717) is 5.92 Å². The molecule has 0 aliphatic rings. The molecule has 0 spiro atoms. The van der Waals surface area contributed by atoms with Crippen molar-refractivity contribution in [2.24, 2.45) is 5.92 Å². The van der Waals surface area contributed by atoms with E-state index in [9.17, 15) is 8.42 Å². The number of hydrogen-bond donors (Lipinski definition) is 0. The Morgan fingerprint density at radius 1 is 1.24 bits per heavy atom. The zero-order valence-electron chi connectivity index (χ0n) is 10.3. The summed E-state index contributed by atoms with van der Waals surface area (Å²) in [5.41, 5.74) is 2.52. The van der Waals surface area contributed by atoms with Crippen LogP contribution < -0.4 is 0 Å². The summed E-state index contributed by atoms with van der Waals surface area (Å²) in [6, 6.07) is 8.42. The van der Waals surface area contributed by atoms with E-state index in [1.165, 1.54) is 17.4 Å². The smallest absolute Gasteiger partial charge is 0.147 e. The van der Waals surface area contributed by atoms with Gasteiger partial charge in [-0.25, -0.2) is 8.42 Å². The lowest BCUT2D eigenvalue weighted by Gasteiger charge is -2.13. The number of hydrogen-bond acceptors (Lipinski definition) is 2. The van der Waals surface area contributed by atoms with Gasteiger partial charge in [0.2, 0.25) is 0 Å². The van der Waals surface area contributed by atoms with Crippen LogP contribution >= 0.6 is 15.9 Å². The Morgan fingerprint density at radius 3 is 2.29 bits per heavy atom. The van der Waals surface area contributed by atoms with Crippen molar-refractivity contribution >= 4 is 25.8 Å². The first-order valence-corrected chi connectivity index (χ1v) is 8.88. The number of sulfone groups is 1. The van der Waals surface area contributed by atoms with Crippen LogP contribution in [0.2, 0.25) is 0 Å². The van der Waals surface area contributed by atoms with E-state index >= 15 is 0 Å². The van der Waals surface area contributed by atoms with Gasteiger partial charge in [0.1, 0.15) is 9.84 Å². The quantitative estimate of drug-likeness (QED) is 0.756. The third-order valence-corrected chi connectivity index (χ3v) is 4.65. The van der Waals surface area contributed by atoms with Crippen molar-refractivity contribution in [3.05, 3.63) is 35.4 Å². The highest BCUT2D eigenvalue weighted by Gasteiger charge is 2.12. The maximum Gasteiger partial charge on any atom is 0.147 e. The molecule has 96 valence electrons. The fourth-order valence-electron chi connectivity index (χ4n) is 1.67. The summed E-state index contributed by atoms with van der Waals surface area (Å²) in [6.07, 6.45) is 2.95. The van der Waals surface area contributed by atoms with Crippen LogP contribution in [-0.2, 0) is 16.3 Å². The third-order valence-electron chi connectivity index (χ3n) is 2.76. The molecule has 0 fully saturated rings. The van der Waals surface area contributed by atoms with Gasteiger partial charge in [-0.05, 0) is 31.2 Å². The molecule has 17 heavy (non-hydrogen) atoms. The van der Waals surface area contributed by atoms with E-state index in [1.807, 2.05) is 0 Å². The number of benzene rings is 1. The zero-order chi connectivity index (χ0) is 12.9. The highest BCUT2D eigenvalue weighted by Crippen LogP contribution is 2.16. The molecule has 0 saturated heterocycles. The SMILES string of the molecule is Cc1ccc(CC(CBr)CCS(C)(=O)=O)cc1. The van der Waals surface area contributed by atoms with E-state index in [0.717, 1.165) is 18.2 Å². The molecular formula is C13H19BrO2S. The molecule has 0 heterocycles. The first kappa shape index (κ1) is 14.7. The predicted molar refractivity (Wildman–Crippen MR) is 76.5 cm³/mol. The van der Waals surface area contributed by atoms with Gasteiger partial charge in [-0.15, -0.1) is 0 Å². The summed E-state index contributed by atoms with van der Waals surface area (Å²) < 4.78 is 22.3. The topological polar surface area (TPSA) is 34.1 Å². The zero-order valence-corrected chi connectivity index (χ0v) is 12.7. The van der Waals surface area contributed by atoms with E-state index in [-0.39, 0.29) is 5.75 Å². The fraction of sp³-hybridized carbons (Fsp3) is 0.538. The Bertz CT molecular complexity index is 437. The molecule has 0 bridgehead atoms. The minimum Gasteiger partial charge on any atom is -0.229 e. The summed E-state index contributed by atoms with van der Waals surface area (Å²) in [5, 5.41) is 0.844. The van der Waals surface area contributed by atoms with Gasteiger partial charge >= 0.3 is 0 Å². The van der Waals surface area contributed by atoms with E-state index in [1.54, 1.807) is 0 Å². The molecule has 0 aliphatic heterocycles. The van der Waals surface area contributed by atoms with Crippen molar-refractivity contribution in [2.45, 2.75) is 19.8 Å². The van der Waals surface area contributed by atoms with Crippen molar-refractivity contribution in [3.63, 3.8) is 0 Å². The lowest BCUT2D eigenvalue weighted by atomic mass is 9.98. The molecule has 0 radical (unpaired) electrons.